The molecule has 8 heteroatoms. The van der Waals surface area contributed by atoms with Gasteiger partial charge in [0.05, 0.1) is 6.61 Å². The second kappa shape index (κ2) is 13.9. The van der Waals surface area contributed by atoms with Crippen molar-refractivity contribution in [1.82, 2.24) is 14.5 Å². The van der Waals surface area contributed by atoms with Crippen LogP contribution in [-0.2, 0) is 11.2 Å². The van der Waals surface area contributed by atoms with Crippen molar-refractivity contribution >= 4 is 30.0 Å². The van der Waals surface area contributed by atoms with Gasteiger partial charge in [0.2, 0.25) is 0 Å². The minimum absolute atomic E-state index is 0.0282. The number of amides is 4. The standard InChI is InChI=1S/C21H34N4O3S/c1-6-9-10-17-11-13-18(14-12-17)29-23-20(27)25(15-7-2)21(28-16-8-3)22-19(26)24(4)5/h11-14H,6-10,15-16H2,1-5H3,(H,23,27). The molecule has 0 saturated heterocycles. The lowest BCUT2D eigenvalue weighted by atomic mass is 10.1. The number of urea groups is 2. The third-order valence-corrected chi connectivity index (χ3v) is 4.72. The van der Waals surface area contributed by atoms with E-state index in [9.17, 15) is 9.59 Å². The zero-order valence-corrected chi connectivity index (χ0v) is 19.1. The van der Waals surface area contributed by atoms with Gasteiger partial charge < -0.3 is 9.64 Å². The molecule has 0 aliphatic heterocycles. The number of carbonyl (C=O) groups excluding carboxylic acids is 2. The number of aryl methyl sites for hydroxylation is 1. The van der Waals surface area contributed by atoms with Gasteiger partial charge in [-0.05, 0) is 55.3 Å². The zero-order valence-electron chi connectivity index (χ0n) is 18.2. The number of nitrogens with zero attached hydrogens (tertiary/aromatic N) is 3. The van der Waals surface area contributed by atoms with Gasteiger partial charge >= 0.3 is 18.1 Å². The first-order chi connectivity index (χ1) is 13.9. The molecule has 1 aromatic carbocycles. The Morgan fingerprint density at radius 3 is 2.31 bits per heavy atom. The fourth-order valence-corrected chi connectivity index (χ4v) is 2.90. The number of nitrogens with one attached hydrogen (secondary N) is 1. The van der Waals surface area contributed by atoms with Gasteiger partial charge in [-0.2, -0.15) is 0 Å². The molecule has 0 fully saturated rings. The van der Waals surface area contributed by atoms with Gasteiger partial charge in [0.15, 0.2) is 0 Å². The van der Waals surface area contributed by atoms with Crippen LogP contribution in [0.2, 0.25) is 0 Å². The van der Waals surface area contributed by atoms with Crippen LogP contribution in [-0.4, -0.2) is 55.1 Å². The maximum atomic E-state index is 12.8. The van der Waals surface area contributed by atoms with Crippen molar-refractivity contribution in [2.24, 2.45) is 4.99 Å². The number of amidine groups is 1. The molecule has 1 N–H and O–H groups in total. The number of ether oxygens (including phenoxy) is 1. The number of carbonyl (C=O) groups is 2. The van der Waals surface area contributed by atoms with Crippen molar-refractivity contribution in [1.29, 1.82) is 0 Å². The van der Waals surface area contributed by atoms with Crippen LogP contribution in [0.5, 0.6) is 0 Å². The Balaban J connectivity index is 2.83. The van der Waals surface area contributed by atoms with Crippen LogP contribution in [0.3, 0.4) is 0 Å². The highest BCUT2D eigenvalue weighted by atomic mass is 32.2. The summed E-state index contributed by atoms with van der Waals surface area (Å²) in [5.74, 6) is 0. The highest BCUT2D eigenvalue weighted by molar-refractivity contribution is 7.98. The highest BCUT2D eigenvalue weighted by Crippen LogP contribution is 2.17. The van der Waals surface area contributed by atoms with E-state index in [-0.39, 0.29) is 12.1 Å². The maximum absolute atomic E-state index is 12.8. The molecule has 162 valence electrons. The predicted molar refractivity (Wildman–Crippen MR) is 119 cm³/mol. The van der Waals surface area contributed by atoms with Crippen LogP contribution < -0.4 is 4.72 Å². The average Bonchev–Trinajstić information content (AvgIpc) is 2.72. The van der Waals surface area contributed by atoms with Crippen LogP contribution in [0.4, 0.5) is 9.59 Å². The summed E-state index contributed by atoms with van der Waals surface area (Å²) in [7, 11) is 3.21. The summed E-state index contributed by atoms with van der Waals surface area (Å²) in [5, 5.41) is 0. The molecule has 0 bridgehead atoms. The summed E-state index contributed by atoms with van der Waals surface area (Å²) < 4.78 is 8.44. The van der Waals surface area contributed by atoms with Crippen molar-refractivity contribution in [3.63, 3.8) is 0 Å². The Morgan fingerprint density at radius 2 is 1.76 bits per heavy atom. The summed E-state index contributed by atoms with van der Waals surface area (Å²) in [5.41, 5.74) is 1.29. The van der Waals surface area contributed by atoms with E-state index >= 15 is 0 Å². The lowest BCUT2D eigenvalue weighted by molar-refractivity contribution is 0.200. The minimum atomic E-state index is -0.472. The molecule has 1 aromatic rings. The Morgan fingerprint density at radius 1 is 1.07 bits per heavy atom. The molecule has 0 aliphatic carbocycles. The smallest absolute Gasteiger partial charge is 0.347 e. The number of hydrogen-bond donors (Lipinski definition) is 1. The van der Waals surface area contributed by atoms with Gasteiger partial charge in [-0.15, -0.1) is 4.99 Å². The van der Waals surface area contributed by atoms with E-state index in [1.54, 1.807) is 14.1 Å². The van der Waals surface area contributed by atoms with Crippen LogP contribution >= 0.6 is 11.9 Å². The Bertz CT molecular complexity index is 662. The molecule has 0 aliphatic rings. The van der Waals surface area contributed by atoms with Crippen LogP contribution in [0.1, 0.15) is 52.0 Å². The fourth-order valence-electron chi connectivity index (χ4n) is 2.32. The van der Waals surface area contributed by atoms with Gasteiger partial charge in [0, 0.05) is 25.5 Å². The fraction of sp³-hybridized carbons (Fsp3) is 0.571. The van der Waals surface area contributed by atoms with Gasteiger partial charge in [0.25, 0.3) is 0 Å². The molecule has 0 atom stereocenters. The number of rotatable bonds is 9. The Hall–Kier alpha value is -2.22. The van der Waals surface area contributed by atoms with E-state index in [1.807, 2.05) is 26.0 Å². The molecule has 29 heavy (non-hydrogen) atoms. The summed E-state index contributed by atoms with van der Waals surface area (Å²) >= 11 is 1.23. The summed E-state index contributed by atoms with van der Waals surface area (Å²) in [6.07, 6.45) is 4.85. The molecule has 1 rings (SSSR count). The van der Waals surface area contributed by atoms with Gasteiger partial charge in [-0.3, -0.25) is 4.72 Å². The number of benzene rings is 1. The lowest BCUT2D eigenvalue weighted by Gasteiger charge is -2.23. The first-order valence-electron chi connectivity index (χ1n) is 10.2. The van der Waals surface area contributed by atoms with E-state index in [2.05, 4.69) is 28.8 Å². The van der Waals surface area contributed by atoms with E-state index in [0.29, 0.717) is 19.6 Å². The number of aliphatic imine (C=N–C) groups is 1. The highest BCUT2D eigenvalue weighted by Gasteiger charge is 2.22. The second-order valence-corrected chi connectivity index (χ2v) is 7.71. The van der Waals surface area contributed by atoms with Crippen molar-refractivity contribution in [3.8, 4) is 0 Å². The molecule has 0 unspecified atom stereocenters. The zero-order chi connectivity index (χ0) is 21.6. The van der Waals surface area contributed by atoms with Crippen molar-refractivity contribution < 1.29 is 14.3 Å². The van der Waals surface area contributed by atoms with Crippen molar-refractivity contribution in [2.45, 2.75) is 57.8 Å². The topological polar surface area (TPSA) is 74.2 Å². The van der Waals surface area contributed by atoms with Gasteiger partial charge in [-0.25, -0.2) is 14.5 Å². The quantitative estimate of drug-likeness (QED) is 0.348. The van der Waals surface area contributed by atoms with Crippen molar-refractivity contribution in [3.05, 3.63) is 29.8 Å². The minimum Gasteiger partial charge on any atom is -0.464 e. The van der Waals surface area contributed by atoms with Crippen LogP contribution in [0, 0.1) is 0 Å². The van der Waals surface area contributed by atoms with E-state index in [1.165, 1.54) is 40.2 Å². The SMILES string of the molecule is CCCCc1ccc(SNC(=O)N(CCC)C(=NC(=O)N(C)C)OCCC)cc1. The normalized spacial score (nSPS) is 11.1. The molecule has 7 nitrogen and oxygen atoms in total. The van der Waals surface area contributed by atoms with Gasteiger partial charge in [-0.1, -0.05) is 39.3 Å². The second-order valence-electron chi connectivity index (χ2n) is 6.83. The molecule has 4 amide bonds. The molecule has 0 heterocycles. The molecular weight excluding hydrogens is 388 g/mol. The molecule has 0 aromatic heterocycles. The lowest BCUT2D eigenvalue weighted by Crippen LogP contribution is -2.44. The molecule has 0 spiro atoms. The Labute approximate surface area is 179 Å². The monoisotopic (exact) mass is 422 g/mol. The van der Waals surface area contributed by atoms with Crippen molar-refractivity contribution in [2.75, 3.05) is 27.2 Å². The molecule has 0 saturated carbocycles. The van der Waals surface area contributed by atoms with E-state index in [4.69, 9.17) is 4.74 Å². The number of hydrogen-bond acceptors (Lipinski definition) is 4. The molecular formula is C21H34N4O3S. The molecule has 0 radical (unpaired) electrons. The first-order valence-corrected chi connectivity index (χ1v) is 11.0. The van der Waals surface area contributed by atoms with E-state index in [0.717, 1.165) is 17.7 Å². The third kappa shape index (κ3) is 9.21. The third-order valence-electron chi connectivity index (χ3n) is 3.93. The Kier molecular flexibility index (Phi) is 11.9. The van der Waals surface area contributed by atoms with Gasteiger partial charge in [0.1, 0.15) is 0 Å². The maximum Gasteiger partial charge on any atom is 0.347 e. The summed E-state index contributed by atoms with van der Waals surface area (Å²) in [4.78, 5) is 32.4. The number of unbranched alkanes of at least 4 members (excludes halogenated alkanes) is 1. The predicted octanol–water partition coefficient (Wildman–Crippen LogP) is 4.92. The first kappa shape index (κ1) is 24.8. The average molecular weight is 423 g/mol. The summed E-state index contributed by atoms with van der Waals surface area (Å²) in [6.45, 7) is 6.85. The largest absolute Gasteiger partial charge is 0.464 e. The summed E-state index contributed by atoms with van der Waals surface area (Å²) in [6, 6.07) is 7.35. The van der Waals surface area contributed by atoms with E-state index < -0.39 is 6.03 Å². The van der Waals surface area contributed by atoms with Crippen LogP contribution in [0.15, 0.2) is 34.2 Å². The van der Waals surface area contributed by atoms with Crippen LogP contribution in [0.25, 0.3) is 0 Å².